The first-order chi connectivity index (χ1) is 14.8. The predicted molar refractivity (Wildman–Crippen MR) is 120 cm³/mol. The molecule has 0 atom stereocenters. The number of nitrogens with one attached hydrogen (secondary N) is 1. The molecule has 0 aliphatic carbocycles. The van der Waals surface area contributed by atoms with Gasteiger partial charge in [-0.3, -0.25) is 0 Å². The van der Waals surface area contributed by atoms with E-state index in [2.05, 4.69) is 10.1 Å². The summed E-state index contributed by atoms with van der Waals surface area (Å²) in [6.07, 6.45) is 3.55. The van der Waals surface area contributed by atoms with E-state index in [1.807, 2.05) is 51.1 Å². The van der Waals surface area contributed by atoms with Gasteiger partial charge in [0.1, 0.15) is 5.75 Å². The van der Waals surface area contributed by atoms with Crippen LogP contribution in [-0.2, 0) is 0 Å². The molecule has 31 heavy (non-hydrogen) atoms. The van der Waals surface area contributed by atoms with E-state index < -0.39 is 6.61 Å². The van der Waals surface area contributed by atoms with E-state index in [4.69, 9.17) is 12.2 Å². The smallest absolute Gasteiger partial charge is 0.387 e. The molecule has 0 aliphatic heterocycles. The van der Waals surface area contributed by atoms with Crippen LogP contribution in [0.25, 0.3) is 11.5 Å². The van der Waals surface area contributed by atoms with E-state index in [1.54, 1.807) is 17.0 Å². The van der Waals surface area contributed by atoms with Crippen molar-refractivity contribution in [2.24, 2.45) is 0 Å². The quantitative estimate of drug-likeness (QED) is 0.263. The van der Waals surface area contributed by atoms with E-state index >= 15 is 0 Å². The lowest BCUT2D eigenvalue weighted by molar-refractivity contribution is -0.578. The largest absolute Gasteiger partial charge is 0.867 e. The second kappa shape index (κ2) is 9.66. The first kappa shape index (κ1) is 22.4. The van der Waals surface area contributed by atoms with Crippen molar-refractivity contribution in [1.82, 2.24) is 0 Å². The highest BCUT2D eigenvalue weighted by Gasteiger charge is 2.20. The Labute approximate surface area is 185 Å². The highest BCUT2D eigenvalue weighted by molar-refractivity contribution is 7.81. The number of nitrogens with zero attached hydrogens (tertiary/aromatic N) is 1. The normalized spacial score (nSPS) is 11.8. The Morgan fingerprint density at radius 2 is 1.65 bits per heavy atom. The number of rotatable bonds is 6. The Kier molecular flexibility index (Phi) is 6.97. The number of halogens is 2. The number of alkyl halides is 2. The van der Waals surface area contributed by atoms with Gasteiger partial charge in [-0.05, 0) is 61.4 Å². The molecule has 0 unspecified atom stereocenters. The van der Waals surface area contributed by atoms with Gasteiger partial charge in [-0.25, -0.2) is 0 Å². The molecular weight excluding hydrogens is 418 g/mol. The van der Waals surface area contributed by atoms with Gasteiger partial charge in [0.2, 0.25) is 5.70 Å². The number of benzene rings is 2. The van der Waals surface area contributed by atoms with Gasteiger partial charge in [0.15, 0.2) is 17.4 Å². The molecule has 160 valence electrons. The maximum absolute atomic E-state index is 13.4. The molecule has 0 amide bonds. The van der Waals surface area contributed by atoms with Crippen molar-refractivity contribution < 1.29 is 23.2 Å². The molecule has 3 aromatic rings. The van der Waals surface area contributed by atoms with Crippen molar-refractivity contribution in [3.05, 3.63) is 89.2 Å². The van der Waals surface area contributed by atoms with Crippen molar-refractivity contribution in [1.29, 1.82) is 0 Å². The van der Waals surface area contributed by atoms with Crippen LogP contribution in [0.3, 0.4) is 0 Å². The zero-order valence-corrected chi connectivity index (χ0v) is 18.2. The third-order valence-corrected chi connectivity index (χ3v) is 4.99. The number of hydrogen-bond acceptors (Lipinski definition) is 3. The summed E-state index contributed by atoms with van der Waals surface area (Å²) in [4.78, 5) is 0.255. The molecule has 4 nitrogen and oxygen atoms in total. The Bertz CT molecular complexity index is 1110. The zero-order valence-electron chi connectivity index (χ0n) is 17.4. The zero-order chi connectivity index (χ0) is 22.5. The molecule has 7 heteroatoms. The Morgan fingerprint density at radius 3 is 2.23 bits per heavy atom. The molecule has 1 heterocycles. The van der Waals surface area contributed by atoms with Gasteiger partial charge < -0.3 is 15.2 Å². The SMILES string of the molecule is Cc1ccc[n+](/C(C(=S)Nc2c(C)cccc2C)=C(/[O-])c2ccc(OC(F)F)cc2)c1. The minimum absolute atomic E-state index is 0.0208. The summed E-state index contributed by atoms with van der Waals surface area (Å²) >= 11 is 5.65. The van der Waals surface area contributed by atoms with E-state index in [0.29, 0.717) is 5.56 Å². The summed E-state index contributed by atoms with van der Waals surface area (Å²) in [6.45, 7) is 2.90. The van der Waals surface area contributed by atoms with Crippen molar-refractivity contribution in [2.75, 3.05) is 5.32 Å². The Morgan fingerprint density at radius 1 is 1.00 bits per heavy atom. The molecule has 0 saturated heterocycles. The maximum Gasteiger partial charge on any atom is 0.387 e. The van der Waals surface area contributed by atoms with Crippen LogP contribution >= 0.6 is 12.2 Å². The topological polar surface area (TPSA) is 48.2 Å². The molecule has 1 aromatic heterocycles. The van der Waals surface area contributed by atoms with E-state index in [9.17, 15) is 13.9 Å². The molecule has 0 aliphatic rings. The number of aromatic nitrogens is 1. The maximum atomic E-state index is 13.4. The van der Waals surface area contributed by atoms with E-state index in [0.717, 1.165) is 22.4 Å². The molecule has 0 saturated carbocycles. The van der Waals surface area contributed by atoms with Crippen molar-refractivity contribution in [2.45, 2.75) is 27.4 Å². The molecule has 2 aromatic carbocycles. The molecule has 0 fully saturated rings. The van der Waals surface area contributed by atoms with Gasteiger partial charge >= 0.3 is 6.61 Å². The first-order valence-electron chi connectivity index (χ1n) is 9.58. The van der Waals surface area contributed by atoms with Crippen molar-refractivity contribution in [3.63, 3.8) is 0 Å². The van der Waals surface area contributed by atoms with Gasteiger partial charge in [0.25, 0.3) is 0 Å². The first-order valence-corrected chi connectivity index (χ1v) is 9.99. The highest BCUT2D eigenvalue weighted by atomic mass is 32.1. The third kappa shape index (κ3) is 5.44. The van der Waals surface area contributed by atoms with Crippen LogP contribution in [0, 0.1) is 20.8 Å². The summed E-state index contributed by atoms with van der Waals surface area (Å²) < 4.78 is 30.9. The summed E-state index contributed by atoms with van der Waals surface area (Å²) in [7, 11) is 0. The van der Waals surface area contributed by atoms with Crippen LogP contribution < -0.4 is 19.7 Å². The number of para-hydroxylation sites is 1. The number of aryl methyl sites for hydroxylation is 3. The fourth-order valence-corrected chi connectivity index (χ4v) is 3.48. The van der Waals surface area contributed by atoms with Gasteiger partial charge in [0, 0.05) is 17.3 Å². The minimum Gasteiger partial charge on any atom is -0.867 e. The molecule has 0 radical (unpaired) electrons. The second-order valence-corrected chi connectivity index (χ2v) is 7.50. The average Bonchev–Trinajstić information content (AvgIpc) is 2.71. The van der Waals surface area contributed by atoms with Gasteiger partial charge in [-0.2, -0.15) is 13.3 Å². The molecule has 1 N–H and O–H groups in total. The summed E-state index contributed by atoms with van der Waals surface area (Å²) in [5, 5.41) is 16.6. The molecule has 3 rings (SSSR count). The predicted octanol–water partition coefficient (Wildman–Crippen LogP) is 4.63. The van der Waals surface area contributed by atoms with Crippen LogP contribution in [-0.4, -0.2) is 11.6 Å². The monoisotopic (exact) mass is 440 g/mol. The fraction of sp³-hybridized carbons (Fsp3) is 0.167. The number of pyridine rings is 1. The standard InChI is InChI=1S/C24H22F2N2O2S/c1-15-6-5-13-28(14-15)21(23(31)27-20-16(2)7-4-8-17(20)3)22(29)18-9-11-19(12-10-18)30-24(25)26/h4-14,24H,1-3H3,(H-,27,29,31). The molecule has 0 bridgehead atoms. The van der Waals surface area contributed by atoms with Crippen LogP contribution in [0.4, 0.5) is 14.5 Å². The number of thiocarbonyl (C=S) groups is 1. The highest BCUT2D eigenvalue weighted by Crippen LogP contribution is 2.24. The van der Waals surface area contributed by atoms with Gasteiger partial charge in [0.05, 0.1) is 0 Å². The molecule has 0 spiro atoms. The Balaban J connectivity index is 2.06. The lowest BCUT2D eigenvalue weighted by atomic mass is 10.1. The number of anilines is 1. The second-order valence-electron chi connectivity index (χ2n) is 7.09. The van der Waals surface area contributed by atoms with Crippen LogP contribution in [0.1, 0.15) is 22.3 Å². The Hall–Kier alpha value is -3.32. The lowest BCUT2D eigenvalue weighted by Crippen LogP contribution is -2.40. The minimum atomic E-state index is -2.93. The number of hydrogen-bond donors (Lipinski definition) is 1. The fourth-order valence-electron chi connectivity index (χ4n) is 3.18. The van der Waals surface area contributed by atoms with Gasteiger partial charge in [-0.1, -0.05) is 42.5 Å². The lowest BCUT2D eigenvalue weighted by Gasteiger charge is -2.19. The summed E-state index contributed by atoms with van der Waals surface area (Å²) in [5.74, 6) is -0.365. The van der Waals surface area contributed by atoms with E-state index in [1.165, 1.54) is 24.3 Å². The third-order valence-electron chi connectivity index (χ3n) is 4.70. The van der Waals surface area contributed by atoms with Crippen molar-refractivity contribution in [3.8, 4) is 5.75 Å². The van der Waals surface area contributed by atoms with E-state index in [-0.39, 0.29) is 22.2 Å². The summed E-state index contributed by atoms with van der Waals surface area (Å²) in [5.41, 5.74) is 4.34. The van der Waals surface area contributed by atoms with Crippen LogP contribution in [0.5, 0.6) is 5.75 Å². The average molecular weight is 441 g/mol. The van der Waals surface area contributed by atoms with Crippen LogP contribution in [0.2, 0.25) is 0 Å². The number of ether oxygens (including phenoxy) is 1. The molecular formula is C24H22F2N2O2S. The van der Waals surface area contributed by atoms with Crippen LogP contribution in [0.15, 0.2) is 67.0 Å². The van der Waals surface area contributed by atoms with Gasteiger partial charge in [-0.15, -0.1) is 0 Å². The summed E-state index contributed by atoms with van der Waals surface area (Å²) in [6, 6.07) is 15.2. The van der Waals surface area contributed by atoms with Crippen molar-refractivity contribution >= 4 is 34.3 Å².